The molecule has 1 aromatic heterocycles. The van der Waals surface area contributed by atoms with Crippen molar-refractivity contribution in [1.82, 2.24) is 9.97 Å². The molecule has 0 unspecified atom stereocenters. The van der Waals surface area contributed by atoms with Crippen molar-refractivity contribution in [2.75, 3.05) is 11.4 Å². The lowest BCUT2D eigenvalue weighted by molar-refractivity contribution is 0.584. The molecule has 0 N–H and O–H groups in total. The van der Waals surface area contributed by atoms with Crippen LogP contribution in [0.3, 0.4) is 0 Å². The summed E-state index contributed by atoms with van der Waals surface area (Å²) in [5.41, 5.74) is 0. The van der Waals surface area contributed by atoms with Crippen LogP contribution in [0.25, 0.3) is 0 Å². The van der Waals surface area contributed by atoms with E-state index in [0.29, 0.717) is 13.0 Å². The molecule has 1 heterocycles. The molecule has 1 rings (SSSR count). The average Bonchev–Trinajstić information content (AvgIpc) is 2.23. The van der Waals surface area contributed by atoms with E-state index in [1.807, 2.05) is 19.9 Å². The Hall–Kier alpha value is -1.41. The van der Waals surface area contributed by atoms with Crippen molar-refractivity contribution < 1.29 is 4.39 Å². The summed E-state index contributed by atoms with van der Waals surface area (Å²) < 4.78 is 13.5. The van der Waals surface area contributed by atoms with Gasteiger partial charge in [-0.1, -0.05) is 0 Å². The fourth-order valence-electron chi connectivity index (χ4n) is 1.32. The van der Waals surface area contributed by atoms with Gasteiger partial charge in [0.05, 0.1) is 18.7 Å². The Labute approximate surface area is 98.7 Å². The molecule has 0 radical (unpaired) electrons. The minimum absolute atomic E-state index is 0.000919. The second-order valence-corrected chi connectivity index (χ2v) is 3.84. The highest BCUT2D eigenvalue weighted by atomic mass is 35.5. The van der Waals surface area contributed by atoms with Gasteiger partial charge in [-0.25, -0.2) is 9.37 Å². The third-order valence-corrected chi connectivity index (χ3v) is 2.24. The van der Waals surface area contributed by atoms with Crippen molar-refractivity contribution in [3.05, 3.63) is 17.3 Å². The third kappa shape index (κ3) is 3.04. The van der Waals surface area contributed by atoms with Crippen LogP contribution in [0, 0.1) is 17.1 Å². The molecule has 0 aliphatic heterocycles. The normalized spacial score (nSPS) is 10.2. The fraction of sp³-hybridized carbons (Fsp3) is 0.500. The summed E-state index contributed by atoms with van der Waals surface area (Å²) >= 11 is 5.62. The third-order valence-electron chi connectivity index (χ3n) is 2.06. The van der Waals surface area contributed by atoms with Gasteiger partial charge in [-0.3, -0.25) is 0 Å². The van der Waals surface area contributed by atoms with Gasteiger partial charge in [0.15, 0.2) is 11.6 Å². The second kappa shape index (κ2) is 5.61. The molecule has 4 nitrogen and oxygen atoms in total. The van der Waals surface area contributed by atoms with E-state index < -0.39 is 5.82 Å². The Morgan fingerprint density at radius 2 is 2.31 bits per heavy atom. The average molecular weight is 243 g/mol. The first-order valence-electron chi connectivity index (χ1n) is 4.88. The number of hydrogen-bond acceptors (Lipinski definition) is 4. The van der Waals surface area contributed by atoms with Crippen LogP contribution in [0.2, 0.25) is 5.28 Å². The number of halogens is 2. The van der Waals surface area contributed by atoms with Gasteiger partial charge in [-0.2, -0.15) is 10.2 Å². The molecule has 0 aliphatic carbocycles. The first-order chi connectivity index (χ1) is 7.56. The van der Waals surface area contributed by atoms with E-state index >= 15 is 0 Å². The topological polar surface area (TPSA) is 52.8 Å². The van der Waals surface area contributed by atoms with E-state index in [4.69, 9.17) is 16.9 Å². The van der Waals surface area contributed by atoms with Crippen LogP contribution in [0.4, 0.5) is 10.2 Å². The zero-order valence-electron chi connectivity index (χ0n) is 9.11. The zero-order chi connectivity index (χ0) is 12.1. The van der Waals surface area contributed by atoms with Crippen LogP contribution in [-0.2, 0) is 0 Å². The Kier molecular flexibility index (Phi) is 4.44. The first-order valence-corrected chi connectivity index (χ1v) is 5.25. The highest BCUT2D eigenvalue weighted by Gasteiger charge is 2.17. The monoisotopic (exact) mass is 242 g/mol. The molecule has 0 amide bonds. The van der Waals surface area contributed by atoms with Crippen LogP contribution in [0.15, 0.2) is 6.20 Å². The summed E-state index contributed by atoms with van der Waals surface area (Å²) in [6, 6.07) is 2.05. The van der Waals surface area contributed by atoms with Gasteiger partial charge in [0.1, 0.15) is 0 Å². The molecule has 0 saturated heterocycles. The summed E-state index contributed by atoms with van der Waals surface area (Å²) in [4.78, 5) is 9.08. The maximum absolute atomic E-state index is 13.5. The molecular formula is C10H12ClFN4. The molecule has 16 heavy (non-hydrogen) atoms. The van der Waals surface area contributed by atoms with Gasteiger partial charge in [0, 0.05) is 12.6 Å². The maximum Gasteiger partial charge on any atom is 0.224 e. The van der Waals surface area contributed by atoms with Crippen molar-refractivity contribution in [2.45, 2.75) is 26.3 Å². The molecule has 6 heteroatoms. The molecule has 0 fully saturated rings. The summed E-state index contributed by atoms with van der Waals surface area (Å²) in [7, 11) is 0. The largest absolute Gasteiger partial charge is 0.351 e. The minimum Gasteiger partial charge on any atom is -0.351 e. The Bertz CT molecular complexity index is 402. The molecule has 0 spiro atoms. The molecular weight excluding hydrogens is 231 g/mol. The van der Waals surface area contributed by atoms with Crippen molar-refractivity contribution in [3.8, 4) is 6.07 Å². The number of aromatic nitrogens is 2. The van der Waals surface area contributed by atoms with Gasteiger partial charge in [0.25, 0.3) is 0 Å². The van der Waals surface area contributed by atoms with E-state index in [1.54, 1.807) is 4.90 Å². The van der Waals surface area contributed by atoms with Crippen LogP contribution < -0.4 is 4.90 Å². The van der Waals surface area contributed by atoms with E-state index in [2.05, 4.69) is 9.97 Å². The van der Waals surface area contributed by atoms with Gasteiger partial charge < -0.3 is 4.90 Å². The Balaban J connectivity index is 3.01. The smallest absolute Gasteiger partial charge is 0.224 e. The van der Waals surface area contributed by atoms with E-state index in [9.17, 15) is 4.39 Å². The van der Waals surface area contributed by atoms with Gasteiger partial charge >= 0.3 is 0 Å². The molecule has 0 aromatic carbocycles. The maximum atomic E-state index is 13.5. The van der Waals surface area contributed by atoms with Crippen LogP contribution >= 0.6 is 11.6 Å². The van der Waals surface area contributed by atoms with Crippen LogP contribution in [0.5, 0.6) is 0 Å². The molecule has 0 bridgehead atoms. The van der Waals surface area contributed by atoms with Crippen molar-refractivity contribution in [2.24, 2.45) is 0 Å². The summed E-state index contributed by atoms with van der Waals surface area (Å²) in [6.07, 6.45) is 1.34. The lowest BCUT2D eigenvalue weighted by atomic mass is 10.3. The summed E-state index contributed by atoms with van der Waals surface area (Å²) in [5, 5.41) is 8.54. The number of nitriles is 1. The predicted octanol–water partition coefficient (Wildman–Crippen LogP) is 2.40. The van der Waals surface area contributed by atoms with Gasteiger partial charge in [0.2, 0.25) is 5.28 Å². The summed E-state index contributed by atoms with van der Waals surface area (Å²) in [6.45, 7) is 4.21. The highest BCUT2D eigenvalue weighted by Crippen LogP contribution is 2.19. The van der Waals surface area contributed by atoms with Crippen LogP contribution in [0.1, 0.15) is 20.3 Å². The quantitative estimate of drug-likeness (QED) is 0.761. The van der Waals surface area contributed by atoms with Gasteiger partial charge in [-0.15, -0.1) is 0 Å². The minimum atomic E-state index is -0.531. The lowest BCUT2D eigenvalue weighted by Gasteiger charge is -2.26. The zero-order valence-corrected chi connectivity index (χ0v) is 9.87. The first kappa shape index (κ1) is 12.7. The van der Waals surface area contributed by atoms with Crippen molar-refractivity contribution in [3.63, 3.8) is 0 Å². The highest BCUT2D eigenvalue weighted by molar-refractivity contribution is 6.28. The second-order valence-electron chi connectivity index (χ2n) is 3.51. The Morgan fingerprint density at radius 1 is 1.62 bits per heavy atom. The number of rotatable bonds is 4. The van der Waals surface area contributed by atoms with E-state index in [0.717, 1.165) is 6.20 Å². The molecule has 0 aliphatic rings. The van der Waals surface area contributed by atoms with E-state index in [-0.39, 0.29) is 17.1 Å². The van der Waals surface area contributed by atoms with Crippen molar-refractivity contribution >= 4 is 17.4 Å². The SMILES string of the molecule is CC(C)N(CCC#N)c1nc(Cl)ncc1F. The number of anilines is 1. The van der Waals surface area contributed by atoms with Gasteiger partial charge in [-0.05, 0) is 25.4 Å². The summed E-state index contributed by atoms with van der Waals surface area (Å²) in [5.74, 6) is -0.388. The Morgan fingerprint density at radius 3 is 2.88 bits per heavy atom. The molecule has 0 saturated carbocycles. The fourth-order valence-corrected chi connectivity index (χ4v) is 1.45. The van der Waals surface area contributed by atoms with E-state index in [1.165, 1.54) is 0 Å². The lowest BCUT2D eigenvalue weighted by Crippen LogP contribution is -2.33. The predicted molar refractivity (Wildman–Crippen MR) is 59.7 cm³/mol. The number of nitrogens with zero attached hydrogens (tertiary/aromatic N) is 4. The standard InChI is InChI=1S/C10H12ClFN4/c1-7(2)16(5-3-4-13)9-8(12)6-14-10(11)15-9/h6-7H,3,5H2,1-2H3. The van der Waals surface area contributed by atoms with Crippen molar-refractivity contribution in [1.29, 1.82) is 5.26 Å². The molecule has 0 atom stereocenters. The molecule has 1 aromatic rings. The number of hydrogen-bond donors (Lipinski definition) is 0. The van der Waals surface area contributed by atoms with Crippen LogP contribution in [-0.4, -0.2) is 22.6 Å². The molecule has 86 valence electrons.